The minimum atomic E-state index is -0.283. The van der Waals surface area contributed by atoms with E-state index in [4.69, 9.17) is 19.4 Å². The van der Waals surface area contributed by atoms with Crippen LogP contribution in [0.2, 0.25) is 0 Å². The van der Waals surface area contributed by atoms with Crippen molar-refractivity contribution in [3.05, 3.63) is 135 Å². The number of benzene rings is 3. The molecule has 4 aliphatic carbocycles. The molecule has 1 saturated carbocycles. The summed E-state index contributed by atoms with van der Waals surface area (Å²) in [5.74, 6) is 1.49. The quantitative estimate of drug-likeness (QED) is 0.146. The highest BCUT2D eigenvalue weighted by molar-refractivity contribution is 5.91. The first-order valence-corrected chi connectivity index (χ1v) is 24.3. The Labute approximate surface area is 381 Å². The zero-order valence-corrected chi connectivity index (χ0v) is 38.6. The summed E-state index contributed by atoms with van der Waals surface area (Å²) in [5, 5.41) is 24.6. The van der Waals surface area contributed by atoms with E-state index >= 15 is 0 Å². The highest BCUT2D eigenvalue weighted by Gasteiger charge is 2.28. The van der Waals surface area contributed by atoms with Crippen LogP contribution in [0.25, 0.3) is 39.0 Å². The molecule has 0 amide bonds. The molecule has 332 valence electrons. The molecule has 0 aliphatic heterocycles. The largest absolute Gasteiger partial charge is 0.507 e. The van der Waals surface area contributed by atoms with Gasteiger partial charge in [-0.15, -0.1) is 0 Å². The fraction of sp³-hybridized carbons (Fsp3) is 0.414. The summed E-state index contributed by atoms with van der Waals surface area (Å²) in [6.07, 6.45) is 25.1. The van der Waals surface area contributed by atoms with Crippen molar-refractivity contribution in [2.45, 2.75) is 155 Å². The van der Waals surface area contributed by atoms with Gasteiger partial charge in [-0.05, 0) is 240 Å². The number of fused-ring (bicyclic) bond motifs is 3. The number of hydrogen-bond acceptors (Lipinski definition) is 6. The van der Waals surface area contributed by atoms with E-state index in [0.29, 0.717) is 29.5 Å². The van der Waals surface area contributed by atoms with E-state index in [2.05, 4.69) is 50.8 Å². The van der Waals surface area contributed by atoms with E-state index in [0.717, 1.165) is 114 Å². The number of hydrogen-bond donors (Lipinski definition) is 2. The van der Waals surface area contributed by atoms with Gasteiger partial charge >= 0.3 is 0 Å². The van der Waals surface area contributed by atoms with Crippen molar-refractivity contribution in [3.8, 4) is 56.6 Å². The number of ether oxygens (including phenoxy) is 2. The van der Waals surface area contributed by atoms with Crippen LogP contribution in [-0.2, 0) is 25.7 Å². The Hall–Kier alpha value is -5.62. The molecule has 6 heteroatoms. The first-order valence-electron chi connectivity index (χ1n) is 24.3. The number of phenolic OH excluding ortho intramolecular Hbond substituents is 2. The Morgan fingerprint density at radius 1 is 0.578 bits per heavy atom. The number of allylic oxidation sites excluding steroid dienone is 5. The van der Waals surface area contributed by atoms with E-state index in [1.54, 1.807) is 12.4 Å². The number of rotatable bonds is 10. The molecule has 0 radical (unpaired) electrons. The second-order valence-electron chi connectivity index (χ2n) is 19.2. The Balaban J connectivity index is 0.982. The molecule has 2 N–H and O–H groups in total. The predicted molar refractivity (Wildman–Crippen MR) is 261 cm³/mol. The highest BCUT2D eigenvalue weighted by Crippen LogP contribution is 2.49. The van der Waals surface area contributed by atoms with Gasteiger partial charge in [0.2, 0.25) is 11.8 Å². The van der Waals surface area contributed by atoms with Gasteiger partial charge in [-0.3, -0.25) is 0 Å². The van der Waals surface area contributed by atoms with Gasteiger partial charge in [-0.2, -0.15) is 0 Å². The summed E-state index contributed by atoms with van der Waals surface area (Å²) in [4.78, 5) is 9.48. The third-order valence-electron chi connectivity index (χ3n) is 14.2. The maximum atomic E-state index is 12.3. The van der Waals surface area contributed by atoms with Crippen LogP contribution in [0, 0.1) is 13.8 Å². The molecule has 2 heterocycles. The number of aromatic nitrogens is 2. The van der Waals surface area contributed by atoms with Crippen molar-refractivity contribution in [2.75, 3.05) is 0 Å². The van der Waals surface area contributed by atoms with Gasteiger partial charge < -0.3 is 19.7 Å². The SMILES string of the molecule is C=C1CCCCC/C=C2/CCCC/C2=C/1c1cc(C)cc(-c2cccnc2O[C@@H](C)CC(C)Oc2ncccc2-c2cc(C)cc(-c3c4c(cc5c3CCCC5)CCCC4)c2O)c1O. The van der Waals surface area contributed by atoms with Crippen LogP contribution < -0.4 is 9.47 Å². The smallest absolute Gasteiger partial charge is 0.221 e. The van der Waals surface area contributed by atoms with E-state index in [-0.39, 0.29) is 18.0 Å². The van der Waals surface area contributed by atoms with Crippen LogP contribution in [0.15, 0.2) is 96.4 Å². The molecule has 0 bridgehead atoms. The first-order chi connectivity index (χ1) is 31.1. The first kappa shape index (κ1) is 43.6. The van der Waals surface area contributed by atoms with Crippen LogP contribution >= 0.6 is 0 Å². The lowest BCUT2D eigenvalue weighted by molar-refractivity contribution is 0.125. The van der Waals surface area contributed by atoms with Crippen LogP contribution in [-0.4, -0.2) is 32.4 Å². The van der Waals surface area contributed by atoms with Crippen molar-refractivity contribution in [1.29, 1.82) is 0 Å². The molecule has 1 fully saturated rings. The van der Waals surface area contributed by atoms with E-state index < -0.39 is 0 Å². The molecule has 2 aromatic heterocycles. The second-order valence-corrected chi connectivity index (χ2v) is 19.2. The number of aromatic hydroxyl groups is 2. The average Bonchev–Trinajstić information content (AvgIpc) is 3.29. The minimum Gasteiger partial charge on any atom is -0.507 e. The molecule has 9 rings (SSSR count). The highest BCUT2D eigenvalue weighted by atomic mass is 16.5. The molecular weight excluding hydrogens is 789 g/mol. The maximum absolute atomic E-state index is 12.3. The summed E-state index contributed by atoms with van der Waals surface area (Å²) >= 11 is 0. The third kappa shape index (κ3) is 9.03. The molecule has 2 atom stereocenters. The van der Waals surface area contributed by atoms with Gasteiger partial charge in [0.1, 0.15) is 23.7 Å². The monoisotopic (exact) mass is 855 g/mol. The van der Waals surface area contributed by atoms with E-state index in [1.165, 1.54) is 83.9 Å². The zero-order chi connectivity index (χ0) is 44.3. The Morgan fingerprint density at radius 3 is 1.72 bits per heavy atom. The zero-order valence-electron chi connectivity index (χ0n) is 38.6. The van der Waals surface area contributed by atoms with Gasteiger partial charge in [0.25, 0.3) is 0 Å². The third-order valence-corrected chi connectivity index (χ3v) is 14.2. The van der Waals surface area contributed by atoms with Gasteiger partial charge in [-0.25, -0.2) is 9.97 Å². The van der Waals surface area contributed by atoms with Crippen molar-refractivity contribution < 1.29 is 19.7 Å². The van der Waals surface area contributed by atoms with Gasteiger partial charge in [-0.1, -0.05) is 25.1 Å². The fourth-order valence-electron chi connectivity index (χ4n) is 11.2. The fourth-order valence-corrected chi connectivity index (χ4v) is 11.2. The molecular formula is C58H66N2O4. The van der Waals surface area contributed by atoms with Crippen molar-refractivity contribution >= 4 is 5.57 Å². The lowest BCUT2D eigenvalue weighted by Crippen LogP contribution is -2.23. The average molecular weight is 855 g/mol. The molecule has 0 spiro atoms. The molecule has 1 unspecified atom stereocenters. The number of phenols is 2. The lowest BCUT2D eigenvalue weighted by Gasteiger charge is -2.28. The number of aryl methyl sites for hydroxylation is 4. The molecule has 6 nitrogen and oxygen atoms in total. The second kappa shape index (κ2) is 19.2. The number of pyridine rings is 2. The Bertz CT molecular complexity index is 2600. The van der Waals surface area contributed by atoms with Crippen LogP contribution in [0.1, 0.15) is 143 Å². The summed E-state index contributed by atoms with van der Waals surface area (Å²) in [5.41, 5.74) is 19.0. The minimum absolute atomic E-state index is 0.246. The van der Waals surface area contributed by atoms with E-state index in [9.17, 15) is 10.2 Å². The Morgan fingerprint density at radius 2 is 1.09 bits per heavy atom. The summed E-state index contributed by atoms with van der Waals surface area (Å²) in [7, 11) is 0. The predicted octanol–water partition coefficient (Wildman–Crippen LogP) is 14.7. The van der Waals surface area contributed by atoms with Gasteiger partial charge in [0.05, 0.1) is 0 Å². The molecule has 5 aromatic rings. The summed E-state index contributed by atoms with van der Waals surface area (Å²) in [6.45, 7) is 12.9. The van der Waals surface area contributed by atoms with Crippen LogP contribution in [0.5, 0.6) is 23.3 Å². The number of nitrogens with zero attached hydrogens (tertiary/aromatic N) is 2. The normalized spacial score (nSPS) is 19.6. The molecule has 4 aliphatic rings. The standard InChI is InChI=1S/C58H66N2O4/c1-36-30-49(55(61)51(32-36)53-38(3)18-8-6-7-9-19-41-20-10-13-23-44(41)53)47-26-16-28-59-57(47)63-39(4)34-40(5)64-58-48(27-17-29-60-58)50-31-37(2)33-52(56(50)62)54-45-24-14-11-21-42(45)35-43-22-12-15-25-46(43)54/h16-17,19,26-33,35,39-40,61-62H,3,6-15,18,20-25,34H2,1-2,4-5H3/b41-19-,53-44+/t39-,40?/m0/s1. The molecule has 0 saturated heterocycles. The molecule has 64 heavy (non-hydrogen) atoms. The van der Waals surface area contributed by atoms with Crippen molar-refractivity contribution in [1.82, 2.24) is 9.97 Å². The van der Waals surface area contributed by atoms with Crippen LogP contribution in [0.4, 0.5) is 0 Å². The van der Waals surface area contributed by atoms with Gasteiger partial charge in [0.15, 0.2) is 0 Å². The Kier molecular flexibility index (Phi) is 13.1. The maximum Gasteiger partial charge on any atom is 0.221 e. The summed E-state index contributed by atoms with van der Waals surface area (Å²) < 4.78 is 13.3. The van der Waals surface area contributed by atoms with Crippen LogP contribution in [0.3, 0.4) is 0 Å². The lowest BCUT2D eigenvalue weighted by atomic mass is 9.76. The summed E-state index contributed by atoms with van der Waals surface area (Å²) in [6, 6.07) is 18.7. The van der Waals surface area contributed by atoms with Crippen molar-refractivity contribution in [2.24, 2.45) is 0 Å². The topological polar surface area (TPSA) is 84.7 Å². The van der Waals surface area contributed by atoms with Crippen molar-refractivity contribution in [3.63, 3.8) is 0 Å². The van der Waals surface area contributed by atoms with E-state index in [1.807, 2.05) is 44.2 Å². The van der Waals surface area contributed by atoms with Gasteiger partial charge in [0, 0.05) is 52.2 Å². The molecule has 3 aromatic carbocycles.